The number of aromatic nitrogens is 1. The number of halogens is 1. The molecular weight excluding hydrogens is 335 g/mol. The van der Waals surface area contributed by atoms with Gasteiger partial charge in [0.1, 0.15) is 17.3 Å². The van der Waals surface area contributed by atoms with Gasteiger partial charge in [-0.3, -0.25) is 4.79 Å². The first kappa shape index (κ1) is 17.7. The Morgan fingerprint density at radius 3 is 2.54 bits per heavy atom. The van der Waals surface area contributed by atoms with Crippen molar-refractivity contribution in [2.45, 2.75) is 6.61 Å². The molecule has 3 aromatic rings. The van der Waals surface area contributed by atoms with Gasteiger partial charge in [-0.1, -0.05) is 0 Å². The van der Waals surface area contributed by atoms with Crippen molar-refractivity contribution in [2.75, 3.05) is 12.4 Å². The van der Waals surface area contributed by atoms with Gasteiger partial charge in [0.25, 0.3) is 5.91 Å². The number of hydrogen-bond acceptors (Lipinski definition) is 3. The Labute approximate surface area is 150 Å². The minimum atomic E-state index is -0.305. The van der Waals surface area contributed by atoms with Crippen molar-refractivity contribution in [3.8, 4) is 17.0 Å². The Morgan fingerprint density at radius 2 is 1.88 bits per heavy atom. The van der Waals surface area contributed by atoms with Gasteiger partial charge in [-0.25, -0.2) is 4.39 Å². The normalized spacial score (nSPS) is 10.6. The second-order valence-corrected chi connectivity index (χ2v) is 5.81. The molecule has 0 saturated heterocycles. The van der Waals surface area contributed by atoms with Crippen molar-refractivity contribution in [1.29, 1.82) is 0 Å². The molecule has 0 unspecified atom stereocenters. The third-order valence-corrected chi connectivity index (χ3v) is 4.20. The van der Waals surface area contributed by atoms with E-state index in [1.165, 1.54) is 19.2 Å². The summed E-state index contributed by atoms with van der Waals surface area (Å²) < 4.78 is 20.0. The van der Waals surface area contributed by atoms with Crippen molar-refractivity contribution in [1.82, 2.24) is 4.57 Å². The maximum Gasteiger partial charge on any atom is 0.272 e. The molecular formula is C20H19FN2O3. The fourth-order valence-electron chi connectivity index (χ4n) is 2.82. The van der Waals surface area contributed by atoms with E-state index in [0.717, 1.165) is 11.3 Å². The Bertz CT molecular complexity index is 933. The van der Waals surface area contributed by atoms with Crippen LogP contribution in [0, 0.1) is 5.82 Å². The Hall–Kier alpha value is -3.12. The maximum absolute atomic E-state index is 13.1. The summed E-state index contributed by atoms with van der Waals surface area (Å²) in [5.41, 5.74) is 3.24. The summed E-state index contributed by atoms with van der Waals surface area (Å²) in [7, 11) is 3.30. The lowest BCUT2D eigenvalue weighted by atomic mass is 10.1. The zero-order chi connectivity index (χ0) is 18.7. The van der Waals surface area contributed by atoms with Gasteiger partial charge < -0.3 is 19.7 Å². The predicted molar refractivity (Wildman–Crippen MR) is 97.7 cm³/mol. The van der Waals surface area contributed by atoms with Gasteiger partial charge in [-0.15, -0.1) is 0 Å². The smallest absolute Gasteiger partial charge is 0.272 e. The zero-order valence-electron chi connectivity index (χ0n) is 14.5. The predicted octanol–water partition coefficient (Wildman–Crippen LogP) is 3.58. The monoisotopic (exact) mass is 354 g/mol. The van der Waals surface area contributed by atoms with Crippen LogP contribution in [-0.4, -0.2) is 22.7 Å². The number of methoxy groups -OCH3 is 1. The van der Waals surface area contributed by atoms with E-state index in [0.29, 0.717) is 22.7 Å². The number of rotatable bonds is 5. The Morgan fingerprint density at radius 1 is 1.15 bits per heavy atom. The van der Waals surface area contributed by atoms with E-state index in [1.807, 2.05) is 6.07 Å². The van der Waals surface area contributed by atoms with Crippen LogP contribution in [0.15, 0.2) is 54.6 Å². The minimum absolute atomic E-state index is 0.189. The molecule has 134 valence electrons. The molecule has 0 fully saturated rings. The third-order valence-electron chi connectivity index (χ3n) is 4.20. The highest BCUT2D eigenvalue weighted by atomic mass is 19.1. The van der Waals surface area contributed by atoms with Crippen LogP contribution in [0.2, 0.25) is 0 Å². The van der Waals surface area contributed by atoms with E-state index in [4.69, 9.17) is 4.74 Å². The molecule has 5 nitrogen and oxygen atoms in total. The minimum Gasteiger partial charge on any atom is -0.496 e. The van der Waals surface area contributed by atoms with Gasteiger partial charge >= 0.3 is 0 Å². The number of anilines is 1. The summed E-state index contributed by atoms with van der Waals surface area (Å²) in [6, 6.07) is 14.7. The Kier molecular flexibility index (Phi) is 5.04. The number of carbonyl (C=O) groups is 1. The molecule has 2 aromatic carbocycles. The summed E-state index contributed by atoms with van der Waals surface area (Å²) in [5, 5.41) is 12.2. The first-order chi connectivity index (χ1) is 12.5. The third kappa shape index (κ3) is 3.45. The standard InChI is InChI=1S/C20H19FN2O3/c1-23-17(13-3-5-15(21)6-4-13)8-9-18(23)20(25)22-16-7-10-19(26-2)14(11-16)12-24/h3-11,24H,12H2,1-2H3,(H,22,25). The van der Waals surface area contributed by atoms with E-state index < -0.39 is 0 Å². The molecule has 0 bridgehead atoms. The van der Waals surface area contributed by atoms with Crippen molar-refractivity contribution in [3.05, 3.63) is 71.7 Å². The summed E-state index contributed by atoms with van der Waals surface area (Å²) in [6.45, 7) is -0.189. The summed E-state index contributed by atoms with van der Waals surface area (Å²) in [6.07, 6.45) is 0. The van der Waals surface area contributed by atoms with E-state index >= 15 is 0 Å². The van der Waals surface area contributed by atoms with Crippen LogP contribution in [0.4, 0.5) is 10.1 Å². The average molecular weight is 354 g/mol. The first-order valence-electron chi connectivity index (χ1n) is 8.04. The van der Waals surface area contributed by atoms with Crippen LogP contribution >= 0.6 is 0 Å². The van der Waals surface area contributed by atoms with Gasteiger partial charge in [0, 0.05) is 24.0 Å². The number of hydrogen-bond donors (Lipinski definition) is 2. The average Bonchev–Trinajstić information content (AvgIpc) is 3.03. The van der Waals surface area contributed by atoms with Crippen molar-refractivity contribution in [3.63, 3.8) is 0 Å². The molecule has 0 aliphatic rings. The summed E-state index contributed by atoms with van der Waals surface area (Å²) in [4.78, 5) is 12.6. The Balaban J connectivity index is 1.84. The number of benzene rings is 2. The van der Waals surface area contributed by atoms with Gasteiger partial charge in [0.05, 0.1) is 13.7 Å². The number of nitrogens with zero attached hydrogens (tertiary/aromatic N) is 1. The molecule has 0 aliphatic heterocycles. The van der Waals surface area contributed by atoms with Crippen LogP contribution in [0.25, 0.3) is 11.3 Å². The molecule has 1 aromatic heterocycles. The lowest BCUT2D eigenvalue weighted by Crippen LogP contribution is -2.16. The van der Waals surface area contributed by atoms with Crippen molar-refractivity contribution < 1.29 is 19.0 Å². The summed E-state index contributed by atoms with van der Waals surface area (Å²) >= 11 is 0. The van der Waals surface area contributed by atoms with E-state index in [2.05, 4.69) is 5.32 Å². The molecule has 3 rings (SSSR count). The van der Waals surface area contributed by atoms with E-state index in [1.54, 1.807) is 48.0 Å². The lowest BCUT2D eigenvalue weighted by molar-refractivity contribution is 0.101. The topological polar surface area (TPSA) is 63.5 Å². The molecule has 26 heavy (non-hydrogen) atoms. The number of nitrogens with one attached hydrogen (secondary N) is 1. The zero-order valence-corrected chi connectivity index (χ0v) is 14.5. The number of ether oxygens (including phenoxy) is 1. The van der Waals surface area contributed by atoms with Gasteiger partial charge in [0.15, 0.2) is 0 Å². The lowest BCUT2D eigenvalue weighted by Gasteiger charge is -2.11. The molecule has 0 spiro atoms. The van der Waals surface area contributed by atoms with Gasteiger partial charge in [-0.2, -0.15) is 0 Å². The van der Waals surface area contributed by atoms with Gasteiger partial charge in [0.2, 0.25) is 0 Å². The highest BCUT2D eigenvalue weighted by Gasteiger charge is 2.14. The second kappa shape index (κ2) is 7.41. The van der Waals surface area contributed by atoms with Crippen LogP contribution in [-0.2, 0) is 13.7 Å². The highest BCUT2D eigenvalue weighted by Crippen LogP contribution is 2.25. The molecule has 0 atom stereocenters. The highest BCUT2D eigenvalue weighted by molar-refractivity contribution is 6.03. The van der Waals surface area contributed by atoms with E-state index in [-0.39, 0.29) is 18.3 Å². The fraction of sp³-hybridized carbons (Fsp3) is 0.150. The number of carbonyl (C=O) groups excluding carboxylic acids is 1. The molecule has 0 radical (unpaired) electrons. The number of aliphatic hydroxyl groups is 1. The van der Waals surface area contributed by atoms with Crippen LogP contribution in [0.5, 0.6) is 5.75 Å². The fourth-order valence-corrected chi connectivity index (χ4v) is 2.82. The second-order valence-electron chi connectivity index (χ2n) is 5.81. The molecule has 6 heteroatoms. The van der Waals surface area contributed by atoms with Crippen molar-refractivity contribution in [2.24, 2.45) is 7.05 Å². The number of aliphatic hydroxyl groups excluding tert-OH is 1. The van der Waals surface area contributed by atoms with E-state index in [9.17, 15) is 14.3 Å². The molecule has 0 saturated carbocycles. The molecule has 2 N–H and O–H groups in total. The summed E-state index contributed by atoms with van der Waals surface area (Å²) in [5.74, 6) is -0.0296. The first-order valence-corrected chi connectivity index (χ1v) is 8.04. The van der Waals surface area contributed by atoms with Crippen LogP contribution in [0.3, 0.4) is 0 Å². The van der Waals surface area contributed by atoms with Crippen molar-refractivity contribution >= 4 is 11.6 Å². The molecule has 1 amide bonds. The maximum atomic E-state index is 13.1. The largest absolute Gasteiger partial charge is 0.496 e. The van der Waals surface area contributed by atoms with Gasteiger partial charge in [-0.05, 0) is 60.2 Å². The van der Waals surface area contributed by atoms with Crippen LogP contribution < -0.4 is 10.1 Å². The quantitative estimate of drug-likeness (QED) is 0.736. The molecule has 1 heterocycles. The number of amides is 1. The SMILES string of the molecule is COc1ccc(NC(=O)c2ccc(-c3ccc(F)cc3)n2C)cc1CO. The van der Waals surface area contributed by atoms with Crippen LogP contribution in [0.1, 0.15) is 16.1 Å². The molecule has 0 aliphatic carbocycles.